The minimum atomic E-state index is -0.709. The fraction of sp³-hybridized carbons (Fsp3) is 0.545. The Morgan fingerprint density at radius 3 is 2.73 bits per heavy atom. The first-order valence-corrected chi connectivity index (χ1v) is 10.6. The van der Waals surface area contributed by atoms with E-state index in [-0.39, 0.29) is 42.4 Å². The second-order valence-corrected chi connectivity index (χ2v) is 8.88. The first-order valence-electron chi connectivity index (χ1n) is 10.6. The Kier molecular flexibility index (Phi) is 4.25. The van der Waals surface area contributed by atoms with Crippen LogP contribution in [0.5, 0.6) is 0 Å². The van der Waals surface area contributed by atoms with Crippen molar-refractivity contribution in [2.45, 2.75) is 58.0 Å². The molecule has 0 radical (unpaired) electrons. The van der Waals surface area contributed by atoms with Crippen LogP contribution in [0.15, 0.2) is 29.1 Å². The lowest BCUT2D eigenvalue weighted by Gasteiger charge is -2.34. The van der Waals surface area contributed by atoms with Crippen LogP contribution in [0.2, 0.25) is 0 Å². The number of benzene rings is 1. The molecule has 1 aromatic heterocycles. The average molecular weight is 410 g/mol. The number of aromatic nitrogens is 2. The number of aryl methyl sites for hydroxylation is 1. The van der Waals surface area contributed by atoms with Gasteiger partial charge in [0.1, 0.15) is 6.54 Å². The molecule has 8 heteroatoms. The first-order chi connectivity index (χ1) is 14.3. The van der Waals surface area contributed by atoms with Gasteiger partial charge in [-0.05, 0) is 18.9 Å². The summed E-state index contributed by atoms with van der Waals surface area (Å²) in [7, 11) is 0. The van der Waals surface area contributed by atoms with Crippen molar-refractivity contribution in [1.29, 1.82) is 0 Å². The van der Waals surface area contributed by atoms with E-state index in [1.54, 1.807) is 17.0 Å². The van der Waals surface area contributed by atoms with E-state index in [4.69, 9.17) is 4.74 Å². The molecule has 3 fully saturated rings. The third kappa shape index (κ3) is 2.56. The van der Waals surface area contributed by atoms with Crippen molar-refractivity contribution in [3.63, 3.8) is 0 Å². The maximum Gasteiger partial charge on any atom is 0.275 e. The number of hydrogen-bond acceptors (Lipinski definition) is 5. The van der Waals surface area contributed by atoms with Gasteiger partial charge in [-0.25, -0.2) is 4.68 Å². The van der Waals surface area contributed by atoms with Gasteiger partial charge in [0, 0.05) is 18.4 Å². The highest BCUT2D eigenvalue weighted by atomic mass is 16.5. The van der Waals surface area contributed by atoms with E-state index in [1.165, 1.54) is 4.68 Å². The first kappa shape index (κ1) is 19.2. The van der Waals surface area contributed by atoms with Crippen molar-refractivity contribution >= 4 is 22.6 Å². The molecule has 1 spiro atoms. The summed E-state index contributed by atoms with van der Waals surface area (Å²) in [6.45, 7) is 6.89. The van der Waals surface area contributed by atoms with Crippen LogP contribution in [0.25, 0.3) is 10.8 Å². The summed E-state index contributed by atoms with van der Waals surface area (Å²) >= 11 is 0. The molecule has 0 bridgehead atoms. The van der Waals surface area contributed by atoms with Crippen LogP contribution in [-0.4, -0.2) is 62.4 Å². The number of hydrogen-bond donors (Lipinski definition) is 0. The van der Waals surface area contributed by atoms with Gasteiger partial charge in [0.2, 0.25) is 11.8 Å². The fourth-order valence-electron chi connectivity index (χ4n) is 5.40. The molecule has 0 aliphatic carbocycles. The van der Waals surface area contributed by atoms with Gasteiger partial charge < -0.3 is 14.5 Å². The van der Waals surface area contributed by atoms with Crippen LogP contribution >= 0.6 is 0 Å². The lowest BCUT2D eigenvalue weighted by atomic mass is 10.0. The van der Waals surface area contributed by atoms with Gasteiger partial charge in [-0.3, -0.25) is 14.4 Å². The Hall–Kier alpha value is -2.74. The van der Waals surface area contributed by atoms with E-state index in [1.807, 2.05) is 24.0 Å². The summed E-state index contributed by atoms with van der Waals surface area (Å²) in [6, 6.07) is 7.02. The smallest absolute Gasteiger partial charge is 0.275 e. The zero-order chi connectivity index (χ0) is 21.2. The number of carbonyl (C=O) groups is 2. The van der Waals surface area contributed by atoms with Crippen molar-refractivity contribution in [2.24, 2.45) is 5.92 Å². The zero-order valence-electron chi connectivity index (χ0n) is 17.5. The maximum absolute atomic E-state index is 13.2. The maximum atomic E-state index is 13.2. The van der Waals surface area contributed by atoms with E-state index < -0.39 is 5.72 Å². The molecule has 3 atom stereocenters. The summed E-state index contributed by atoms with van der Waals surface area (Å²) in [5.41, 5.74) is -0.282. The van der Waals surface area contributed by atoms with E-state index in [2.05, 4.69) is 18.9 Å². The zero-order valence-corrected chi connectivity index (χ0v) is 17.5. The van der Waals surface area contributed by atoms with Gasteiger partial charge in [-0.1, -0.05) is 32.0 Å². The molecule has 3 aliphatic rings. The number of fused-ring (bicyclic) bond motifs is 1. The SMILES string of the molecule is Cc1nn(CC(=O)N2CC[C@@]34OC[C@@H](C(C)C)N3C(=O)C[C@@H]24)c(=O)c2ccccc12. The monoisotopic (exact) mass is 410 g/mol. The molecule has 0 N–H and O–H groups in total. The number of amides is 2. The molecule has 5 rings (SSSR count). The van der Waals surface area contributed by atoms with Crippen LogP contribution in [-0.2, 0) is 20.9 Å². The Bertz CT molecular complexity index is 1110. The second kappa shape index (κ2) is 6.63. The number of nitrogens with zero attached hydrogens (tertiary/aromatic N) is 4. The summed E-state index contributed by atoms with van der Waals surface area (Å²) < 4.78 is 7.43. The highest BCUT2D eigenvalue weighted by molar-refractivity contribution is 5.86. The van der Waals surface area contributed by atoms with Crippen molar-refractivity contribution in [1.82, 2.24) is 19.6 Å². The van der Waals surface area contributed by atoms with E-state index in [0.29, 0.717) is 36.6 Å². The summed E-state index contributed by atoms with van der Waals surface area (Å²) in [5.74, 6) is 0.137. The highest BCUT2D eigenvalue weighted by Gasteiger charge is 2.65. The van der Waals surface area contributed by atoms with E-state index in [0.717, 1.165) is 5.39 Å². The molecule has 8 nitrogen and oxygen atoms in total. The van der Waals surface area contributed by atoms with Crippen molar-refractivity contribution in [3.05, 3.63) is 40.3 Å². The number of likely N-dealkylation sites (tertiary alicyclic amines) is 1. The van der Waals surface area contributed by atoms with Crippen molar-refractivity contribution in [2.75, 3.05) is 13.2 Å². The number of rotatable bonds is 3. The summed E-state index contributed by atoms with van der Waals surface area (Å²) in [6.07, 6.45) is 0.880. The quantitative estimate of drug-likeness (QED) is 0.761. The van der Waals surface area contributed by atoms with E-state index >= 15 is 0 Å². The number of ether oxygens (including phenoxy) is 1. The lowest BCUT2D eigenvalue weighted by Crippen LogP contribution is -2.51. The van der Waals surface area contributed by atoms with Gasteiger partial charge in [-0.15, -0.1) is 0 Å². The van der Waals surface area contributed by atoms with Crippen LogP contribution in [0.1, 0.15) is 32.4 Å². The van der Waals surface area contributed by atoms with Gasteiger partial charge in [-0.2, -0.15) is 5.10 Å². The molecule has 158 valence electrons. The third-order valence-corrected chi connectivity index (χ3v) is 6.92. The molecule has 2 amide bonds. The molecule has 0 unspecified atom stereocenters. The number of carbonyl (C=O) groups excluding carboxylic acids is 2. The fourth-order valence-corrected chi connectivity index (χ4v) is 5.40. The molecule has 3 saturated heterocycles. The minimum Gasteiger partial charge on any atom is -0.351 e. The molecular weight excluding hydrogens is 384 g/mol. The van der Waals surface area contributed by atoms with Gasteiger partial charge in [0.25, 0.3) is 5.56 Å². The van der Waals surface area contributed by atoms with Crippen molar-refractivity contribution in [3.8, 4) is 0 Å². The molecule has 30 heavy (non-hydrogen) atoms. The third-order valence-electron chi connectivity index (χ3n) is 6.92. The van der Waals surface area contributed by atoms with Crippen LogP contribution in [0.4, 0.5) is 0 Å². The van der Waals surface area contributed by atoms with Crippen LogP contribution < -0.4 is 5.56 Å². The van der Waals surface area contributed by atoms with E-state index in [9.17, 15) is 14.4 Å². The molecule has 2 aromatic rings. The normalized spacial score (nSPS) is 27.9. The molecular formula is C22H26N4O4. The Labute approximate surface area is 174 Å². The van der Waals surface area contributed by atoms with Crippen LogP contribution in [0, 0.1) is 12.8 Å². The standard InChI is InChI=1S/C22H26N4O4/c1-13(2)17-12-30-22-8-9-24(18(22)10-19(27)26(17)22)20(28)11-25-21(29)16-7-5-4-6-15(16)14(3)23-25/h4-7,13,17-18H,8-12H2,1-3H3/t17-,18+,22-/m0/s1. The molecule has 3 aliphatic heterocycles. The molecule has 0 saturated carbocycles. The van der Waals surface area contributed by atoms with Crippen LogP contribution in [0.3, 0.4) is 0 Å². The van der Waals surface area contributed by atoms with Gasteiger partial charge in [0.05, 0.1) is 36.2 Å². The lowest BCUT2D eigenvalue weighted by molar-refractivity contribution is -0.142. The Balaban J connectivity index is 1.43. The Morgan fingerprint density at radius 2 is 2.00 bits per heavy atom. The summed E-state index contributed by atoms with van der Waals surface area (Å²) in [4.78, 5) is 42.5. The predicted molar refractivity (Wildman–Crippen MR) is 110 cm³/mol. The van der Waals surface area contributed by atoms with Gasteiger partial charge >= 0.3 is 0 Å². The topological polar surface area (TPSA) is 84.7 Å². The Morgan fingerprint density at radius 1 is 1.27 bits per heavy atom. The van der Waals surface area contributed by atoms with Crippen molar-refractivity contribution < 1.29 is 14.3 Å². The largest absolute Gasteiger partial charge is 0.351 e. The summed E-state index contributed by atoms with van der Waals surface area (Å²) in [5, 5.41) is 5.71. The average Bonchev–Trinajstić information content (AvgIpc) is 3.35. The highest BCUT2D eigenvalue weighted by Crippen LogP contribution is 2.48. The molecule has 1 aromatic carbocycles. The molecule has 4 heterocycles. The van der Waals surface area contributed by atoms with Gasteiger partial charge in [0.15, 0.2) is 5.72 Å². The second-order valence-electron chi connectivity index (χ2n) is 8.88. The minimum absolute atomic E-state index is 0.0463. The predicted octanol–water partition coefficient (Wildman–Crippen LogP) is 1.29.